The van der Waals surface area contributed by atoms with Crippen LogP contribution in [0.25, 0.3) is 11.1 Å². The van der Waals surface area contributed by atoms with Crippen LogP contribution in [0.15, 0.2) is 12.1 Å². The lowest BCUT2D eigenvalue weighted by Crippen LogP contribution is -2.06. The maximum absolute atomic E-state index is 13.5. The number of aldehydes is 1. The van der Waals surface area contributed by atoms with Gasteiger partial charge in [-0.1, -0.05) is 0 Å². The number of pyridine rings is 1. The molecule has 0 saturated heterocycles. The predicted octanol–water partition coefficient (Wildman–Crippen LogP) is 3.40. The van der Waals surface area contributed by atoms with Crippen molar-refractivity contribution in [3.8, 4) is 11.1 Å². The summed E-state index contributed by atoms with van der Waals surface area (Å²) in [5.41, 5.74) is -2.82. The zero-order valence-electron chi connectivity index (χ0n) is 9.36. The summed E-state index contributed by atoms with van der Waals surface area (Å²) in [5, 5.41) is 0. The van der Waals surface area contributed by atoms with E-state index < -0.39 is 51.9 Å². The van der Waals surface area contributed by atoms with Gasteiger partial charge in [-0.2, -0.15) is 4.39 Å². The minimum Gasteiger partial charge on any atom is -0.296 e. The Bertz CT molecular complexity index is 687. The van der Waals surface area contributed by atoms with Crippen molar-refractivity contribution < 1.29 is 31.1 Å². The molecule has 0 saturated carbocycles. The number of nitrogens with zero attached hydrogens (tertiary/aromatic N) is 1. The highest BCUT2D eigenvalue weighted by Crippen LogP contribution is 2.32. The first-order valence-corrected chi connectivity index (χ1v) is 5.02. The van der Waals surface area contributed by atoms with Crippen LogP contribution in [0.4, 0.5) is 26.3 Å². The summed E-state index contributed by atoms with van der Waals surface area (Å²) in [7, 11) is 0. The molecule has 2 aromatic rings. The number of aromatic nitrogens is 1. The molecule has 0 aliphatic rings. The molecule has 0 aliphatic carbocycles. The predicted molar refractivity (Wildman–Crippen MR) is 54.8 cm³/mol. The lowest BCUT2D eigenvalue weighted by molar-refractivity contribution is 0.111. The molecule has 20 heavy (non-hydrogen) atoms. The first-order chi connectivity index (χ1) is 9.38. The Morgan fingerprint density at radius 2 is 1.30 bits per heavy atom. The van der Waals surface area contributed by atoms with Crippen molar-refractivity contribution in [2.45, 2.75) is 0 Å². The van der Waals surface area contributed by atoms with Gasteiger partial charge >= 0.3 is 0 Å². The SMILES string of the molecule is O=Cc1nc(F)ccc1-c1c(F)c(F)c(F)c(F)c1F. The number of benzene rings is 1. The molecule has 104 valence electrons. The van der Waals surface area contributed by atoms with Crippen LogP contribution in [0.3, 0.4) is 0 Å². The van der Waals surface area contributed by atoms with Crippen molar-refractivity contribution in [2.24, 2.45) is 0 Å². The minimum atomic E-state index is -2.33. The molecule has 0 unspecified atom stereocenters. The van der Waals surface area contributed by atoms with Gasteiger partial charge in [0.05, 0.1) is 5.56 Å². The zero-order chi connectivity index (χ0) is 15.0. The first kappa shape index (κ1) is 14.0. The third kappa shape index (κ3) is 2.02. The smallest absolute Gasteiger partial charge is 0.213 e. The average Bonchev–Trinajstić information content (AvgIpc) is 2.44. The molecule has 1 aromatic carbocycles. The highest BCUT2D eigenvalue weighted by Gasteiger charge is 2.28. The molecule has 1 heterocycles. The number of rotatable bonds is 2. The highest BCUT2D eigenvalue weighted by molar-refractivity contribution is 5.85. The van der Waals surface area contributed by atoms with Gasteiger partial charge in [-0.3, -0.25) is 4.79 Å². The van der Waals surface area contributed by atoms with Crippen LogP contribution in [0.1, 0.15) is 10.5 Å². The van der Waals surface area contributed by atoms with E-state index in [0.29, 0.717) is 12.1 Å². The van der Waals surface area contributed by atoms with Crippen LogP contribution in [0.2, 0.25) is 0 Å². The Morgan fingerprint density at radius 1 is 0.800 bits per heavy atom. The highest BCUT2D eigenvalue weighted by atomic mass is 19.2. The van der Waals surface area contributed by atoms with Gasteiger partial charge in [-0.25, -0.2) is 26.9 Å². The van der Waals surface area contributed by atoms with E-state index in [-0.39, 0.29) is 6.29 Å². The van der Waals surface area contributed by atoms with Gasteiger partial charge in [0.1, 0.15) is 5.69 Å². The maximum atomic E-state index is 13.5. The number of carbonyl (C=O) groups is 1. The van der Waals surface area contributed by atoms with E-state index in [2.05, 4.69) is 4.98 Å². The largest absolute Gasteiger partial charge is 0.296 e. The fourth-order valence-corrected chi connectivity index (χ4v) is 1.59. The molecular formula is C12H3F6NO. The second-order valence-corrected chi connectivity index (χ2v) is 3.63. The molecule has 0 amide bonds. The van der Waals surface area contributed by atoms with Gasteiger partial charge in [0, 0.05) is 5.56 Å². The summed E-state index contributed by atoms with van der Waals surface area (Å²) in [6.07, 6.45) is -0.0591. The van der Waals surface area contributed by atoms with Crippen LogP contribution in [-0.4, -0.2) is 11.3 Å². The van der Waals surface area contributed by atoms with Crippen molar-refractivity contribution >= 4 is 6.29 Å². The minimum absolute atomic E-state index is 0.0591. The van der Waals surface area contributed by atoms with Crippen LogP contribution in [-0.2, 0) is 0 Å². The average molecular weight is 291 g/mol. The first-order valence-electron chi connectivity index (χ1n) is 5.02. The van der Waals surface area contributed by atoms with Gasteiger partial charge < -0.3 is 0 Å². The Kier molecular flexibility index (Phi) is 3.47. The zero-order valence-corrected chi connectivity index (χ0v) is 9.36. The summed E-state index contributed by atoms with van der Waals surface area (Å²) in [5.74, 6) is -12.1. The summed E-state index contributed by atoms with van der Waals surface area (Å²) < 4.78 is 78.9. The molecule has 2 nitrogen and oxygen atoms in total. The second kappa shape index (κ2) is 4.95. The monoisotopic (exact) mass is 291 g/mol. The van der Waals surface area contributed by atoms with Gasteiger partial charge in [-0.15, -0.1) is 0 Å². The summed E-state index contributed by atoms with van der Waals surface area (Å²) in [6.45, 7) is 0. The molecule has 0 radical (unpaired) electrons. The van der Waals surface area contributed by atoms with Gasteiger partial charge in [-0.05, 0) is 12.1 Å². The van der Waals surface area contributed by atoms with Crippen molar-refractivity contribution in [2.75, 3.05) is 0 Å². The number of hydrogen-bond acceptors (Lipinski definition) is 2. The quantitative estimate of drug-likeness (QED) is 0.279. The standard InChI is InChI=1S/C12H3F6NO/c13-6-2-1-4(5(3-20)19-6)7-8(14)10(16)12(18)11(17)9(7)15/h1-3H. The molecule has 1 aromatic heterocycles. The van der Waals surface area contributed by atoms with E-state index in [4.69, 9.17) is 0 Å². The van der Waals surface area contributed by atoms with Crippen molar-refractivity contribution in [1.29, 1.82) is 0 Å². The Labute approximate surface area is 107 Å². The number of halogens is 6. The van der Waals surface area contributed by atoms with Crippen molar-refractivity contribution in [3.05, 3.63) is 52.9 Å². The van der Waals surface area contributed by atoms with Crippen molar-refractivity contribution in [1.82, 2.24) is 4.98 Å². The maximum Gasteiger partial charge on any atom is 0.213 e. The molecule has 0 N–H and O–H groups in total. The third-order valence-corrected chi connectivity index (χ3v) is 2.48. The topological polar surface area (TPSA) is 30.0 Å². The second-order valence-electron chi connectivity index (χ2n) is 3.63. The Balaban J connectivity index is 2.87. The van der Waals surface area contributed by atoms with Crippen molar-refractivity contribution in [3.63, 3.8) is 0 Å². The number of carbonyl (C=O) groups excluding carboxylic acids is 1. The van der Waals surface area contributed by atoms with Gasteiger partial charge in [0.15, 0.2) is 29.6 Å². The fraction of sp³-hybridized carbons (Fsp3) is 0. The van der Waals surface area contributed by atoms with Crippen LogP contribution in [0.5, 0.6) is 0 Å². The fourth-order valence-electron chi connectivity index (χ4n) is 1.59. The lowest BCUT2D eigenvalue weighted by atomic mass is 10.0. The summed E-state index contributed by atoms with van der Waals surface area (Å²) in [4.78, 5) is 13.7. The molecule has 0 spiro atoms. The van der Waals surface area contributed by atoms with E-state index in [0.717, 1.165) is 0 Å². The summed E-state index contributed by atoms with van der Waals surface area (Å²) >= 11 is 0. The molecule has 0 aliphatic heterocycles. The third-order valence-electron chi connectivity index (χ3n) is 2.48. The van der Waals surface area contributed by atoms with E-state index in [9.17, 15) is 31.1 Å². The molecular weight excluding hydrogens is 288 g/mol. The van der Waals surface area contributed by atoms with E-state index in [1.54, 1.807) is 0 Å². The van der Waals surface area contributed by atoms with Crippen LogP contribution >= 0.6 is 0 Å². The number of hydrogen-bond donors (Lipinski definition) is 0. The van der Waals surface area contributed by atoms with Crippen LogP contribution < -0.4 is 0 Å². The Morgan fingerprint density at radius 3 is 1.80 bits per heavy atom. The molecule has 2 rings (SSSR count). The van der Waals surface area contributed by atoms with Crippen LogP contribution in [0, 0.1) is 35.0 Å². The normalized spacial score (nSPS) is 10.7. The van der Waals surface area contributed by atoms with E-state index in [1.165, 1.54) is 0 Å². The Hall–Kier alpha value is -2.38. The summed E-state index contributed by atoms with van der Waals surface area (Å²) in [6, 6.07) is 1.32. The molecule has 0 atom stereocenters. The molecule has 0 fully saturated rings. The molecule has 0 bridgehead atoms. The molecule has 8 heteroatoms. The van der Waals surface area contributed by atoms with Gasteiger partial charge in [0.2, 0.25) is 11.8 Å². The van der Waals surface area contributed by atoms with E-state index in [1.807, 2.05) is 0 Å². The van der Waals surface area contributed by atoms with Gasteiger partial charge in [0.25, 0.3) is 0 Å². The lowest BCUT2D eigenvalue weighted by Gasteiger charge is -2.09. The van der Waals surface area contributed by atoms with E-state index >= 15 is 0 Å².